The van der Waals surface area contributed by atoms with E-state index in [1.807, 2.05) is 44.2 Å². The SMILES string of the molecule is CC(C)NS(=O)(=O)c1cccc(CNC(=O)C(C)(C)c2ccccc2)c1. The molecule has 0 heterocycles. The molecule has 0 aromatic heterocycles. The van der Waals surface area contributed by atoms with Gasteiger partial charge in [0.2, 0.25) is 15.9 Å². The zero-order valence-electron chi connectivity index (χ0n) is 15.6. The van der Waals surface area contributed by atoms with Crippen molar-refractivity contribution in [1.29, 1.82) is 0 Å². The topological polar surface area (TPSA) is 75.3 Å². The highest BCUT2D eigenvalue weighted by Crippen LogP contribution is 2.23. The Morgan fingerprint density at radius 1 is 1.04 bits per heavy atom. The molecule has 6 heteroatoms. The molecule has 2 aromatic rings. The Bertz CT molecular complexity index is 860. The summed E-state index contributed by atoms with van der Waals surface area (Å²) in [5.41, 5.74) is 0.980. The molecule has 140 valence electrons. The highest BCUT2D eigenvalue weighted by molar-refractivity contribution is 7.89. The van der Waals surface area contributed by atoms with Crippen LogP contribution in [0.5, 0.6) is 0 Å². The van der Waals surface area contributed by atoms with Gasteiger partial charge in [0, 0.05) is 12.6 Å². The van der Waals surface area contributed by atoms with Crippen molar-refractivity contribution in [1.82, 2.24) is 10.0 Å². The van der Waals surface area contributed by atoms with Gasteiger partial charge in [-0.3, -0.25) is 4.79 Å². The van der Waals surface area contributed by atoms with Crippen molar-refractivity contribution in [2.45, 2.75) is 50.6 Å². The van der Waals surface area contributed by atoms with Crippen LogP contribution in [0, 0.1) is 0 Å². The Labute approximate surface area is 155 Å². The summed E-state index contributed by atoms with van der Waals surface area (Å²) in [5.74, 6) is -0.114. The monoisotopic (exact) mass is 374 g/mol. The van der Waals surface area contributed by atoms with Crippen LogP contribution >= 0.6 is 0 Å². The van der Waals surface area contributed by atoms with E-state index >= 15 is 0 Å². The lowest BCUT2D eigenvalue weighted by atomic mass is 9.84. The number of carbonyl (C=O) groups is 1. The number of hydrogen-bond acceptors (Lipinski definition) is 3. The molecule has 0 radical (unpaired) electrons. The standard InChI is InChI=1S/C20H26N2O3S/c1-15(2)22-26(24,25)18-12-8-9-16(13-18)14-21-19(23)20(3,4)17-10-6-5-7-11-17/h5-13,15,22H,14H2,1-4H3,(H,21,23). The van der Waals surface area contributed by atoms with E-state index in [1.165, 1.54) is 0 Å². The quantitative estimate of drug-likeness (QED) is 0.782. The molecule has 0 atom stereocenters. The fourth-order valence-electron chi connectivity index (χ4n) is 2.59. The second-order valence-electron chi connectivity index (χ2n) is 7.10. The van der Waals surface area contributed by atoms with E-state index in [9.17, 15) is 13.2 Å². The molecule has 0 saturated heterocycles. The predicted octanol–water partition coefficient (Wildman–Crippen LogP) is 2.97. The van der Waals surface area contributed by atoms with Crippen LogP contribution in [0.2, 0.25) is 0 Å². The lowest BCUT2D eigenvalue weighted by Gasteiger charge is -2.24. The van der Waals surface area contributed by atoms with Crippen LogP contribution < -0.4 is 10.0 Å². The molecule has 0 unspecified atom stereocenters. The second kappa shape index (κ2) is 8.01. The summed E-state index contributed by atoms with van der Waals surface area (Å²) in [6, 6.07) is 16.0. The minimum atomic E-state index is -3.55. The summed E-state index contributed by atoms with van der Waals surface area (Å²) in [4.78, 5) is 12.8. The van der Waals surface area contributed by atoms with Gasteiger partial charge in [0.25, 0.3) is 0 Å². The number of sulfonamides is 1. The average Bonchev–Trinajstić information content (AvgIpc) is 2.59. The number of amides is 1. The van der Waals surface area contributed by atoms with Gasteiger partial charge in [-0.05, 0) is 51.0 Å². The molecule has 0 aliphatic rings. The van der Waals surface area contributed by atoms with Crippen molar-refractivity contribution in [2.24, 2.45) is 0 Å². The first-order chi connectivity index (χ1) is 12.1. The third kappa shape index (κ3) is 4.93. The molecule has 0 spiro atoms. The van der Waals surface area contributed by atoms with Gasteiger partial charge in [-0.1, -0.05) is 42.5 Å². The van der Waals surface area contributed by atoms with E-state index in [0.717, 1.165) is 11.1 Å². The van der Waals surface area contributed by atoms with Crippen LogP contribution in [-0.2, 0) is 26.8 Å². The maximum atomic E-state index is 12.6. The van der Waals surface area contributed by atoms with Crippen molar-refractivity contribution in [3.05, 3.63) is 65.7 Å². The van der Waals surface area contributed by atoms with E-state index in [2.05, 4.69) is 10.0 Å². The molecular weight excluding hydrogens is 348 g/mol. The molecule has 2 rings (SSSR count). The Balaban J connectivity index is 2.10. The highest BCUT2D eigenvalue weighted by atomic mass is 32.2. The molecular formula is C20H26N2O3S. The van der Waals surface area contributed by atoms with E-state index in [4.69, 9.17) is 0 Å². The van der Waals surface area contributed by atoms with Gasteiger partial charge in [0.1, 0.15) is 0 Å². The molecule has 0 aliphatic heterocycles. The fraction of sp³-hybridized carbons (Fsp3) is 0.350. The van der Waals surface area contributed by atoms with Gasteiger partial charge in [-0.15, -0.1) is 0 Å². The lowest BCUT2D eigenvalue weighted by molar-refractivity contribution is -0.125. The van der Waals surface area contributed by atoms with Gasteiger partial charge in [0.15, 0.2) is 0 Å². The highest BCUT2D eigenvalue weighted by Gasteiger charge is 2.29. The van der Waals surface area contributed by atoms with Crippen molar-refractivity contribution in [3.63, 3.8) is 0 Å². The third-order valence-electron chi connectivity index (χ3n) is 4.12. The largest absolute Gasteiger partial charge is 0.351 e. The molecule has 1 amide bonds. The number of nitrogens with one attached hydrogen (secondary N) is 2. The van der Waals surface area contributed by atoms with Crippen molar-refractivity contribution < 1.29 is 13.2 Å². The van der Waals surface area contributed by atoms with Gasteiger partial charge in [0.05, 0.1) is 10.3 Å². The summed E-state index contributed by atoms with van der Waals surface area (Å²) in [6.45, 7) is 7.54. The van der Waals surface area contributed by atoms with Crippen LogP contribution in [0.25, 0.3) is 0 Å². The first-order valence-electron chi connectivity index (χ1n) is 8.58. The zero-order chi connectivity index (χ0) is 19.4. The summed E-state index contributed by atoms with van der Waals surface area (Å²) >= 11 is 0. The van der Waals surface area contributed by atoms with E-state index in [1.54, 1.807) is 38.1 Å². The summed E-state index contributed by atoms with van der Waals surface area (Å²) in [6.07, 6.45) is 0. The lowest BCUT2D eigenvalue weighted by Crippen LogP contribution is -2.39. The molecule has 2 aromatic carbocycles. The van der Waals surface area contributed by atoms with E-state index in [-0.39, 0.29) is 23.4 Å². The average molecular weight is 375 g/mol. The minimum absolute atomic E-state index is 0.114. The smallest absolute Gasteiger partial charge is 0.240 e. The molecule has 0 fully saturated rings. The molecule has 0 aliphatic carbocycles. The summed E-state index contributed by atoms with van der Waals surface area (Å²) in [7, 11) is -3.55. The summed E-state index contributed by atoms with van der Waals surface area (Å²) in [5, 5.41) is 2.90. The fourth-order valence-corrected chi connectivity index (χ4v) is 3.91. The number of carbonyl (C=O) groups excluding carboxylic acids is 1. The van der Waals surface area contributed by atoms with E-state index in [0.29, 0.717) is 0 Å². The maximum absolute atomic E-state index is 12.6. The number of hydrogen-bond donors (Lipinski definition) is 2. The van der Waals surface area contributed by atoms with Crippen molar-refractivity contribution in [3.8, 4) is 0 Å². The van der Waals surface area contributed by atoms with Gasteiger partial charge < -0.3 is 5.32 Å². The molecule has 2 N–H and O–H groups in total. The van der Waals surface area contributed by atoms with Gasteiger partial charge in [-0.25, -0.2) is 13.1 Å². The first-order valence-corrected chi connectivity index (χ1v) is 10.1. The van der Waals surface area contributed by atoms with Crippen molar-refractivity contribution >= 4 is 15.9 Å². The maximum Gasteiger partial charge on any atom is 0.240 e. The van der Waals surface area contributed by atoms with Crippen LogP contribution in [-0.4, -0.2) is 20.4 Å². The van der Waals surface area contributed by atoms with Gasteiger partial charge in [-0.2, -0.15) is 0 Å². The number of rotatable bonds is 7. The molecule has 0 bridgehead atoms. The predicted molar refractivity (Wildman–Crippen MR) is 103 cm³/mol. The Morgan fingerprint density at radius 2 is 1.69 bits per heavy atom. The van der Waals surface area contributed by atoms with Crippen LogP contribution in [0.15, 0.2) is 59.5 Å². The van der Waals surface area contributed by atoms with Crippen LogP contribution in [0.4, 0.5) is 0 Å². The Hall–Kier alpha value is -2.18. The normalized spacial score (nSPS) is 12.2. The third-order valence-corrected chi connectivity index (χ3v) is 5.77. The molecule has 26 heavy (non-hydrogen) atoms. The second-order valence-corrected chi connectivity index (χ2v) is 8.81. The number of benzene rings is 2. The van der Waals surface area contributed by atoms with E-state index < -0.39 is 15.4 Å². The van der Waals surface area contributed by atoms with Crippen molar-refractivity contribution in [2.75, 3.05) is 0 Å². The Kier molecular flexibility index (Phi) is 6.21. The Morgan fingerprint density at radius 3 is 2.31 bits per heavy atom. The summed E-state index contributed by atoms with van der Waals surface area (Å²) < 4.78 is 27.1. The molecule has 0 saturated carbocycles. The zero-order valence-corrected chi connectivity index (χ0v) is 16.4. The van der Waals surface area contributed by atoms with Crippen LogP contribution in [0.3, 0.4) is 0 Å². The molecule has 5 nitrogen and oxygen atoms in total. The van der Waals surface area contributed by atoms with Gasteiger partial charge >= 0.3 is 0 Å². The minimum Gasteiger partial charge on any atom is -0.351 e. The van der Waals surface area contributed by atoms with Crippen LogP contribution in [0.1, 0.15) is 38.8 Å². The first kappa shape index (κ1) is 20.1.